The molecule has 1 aromatic carbocycles. The first kappa shape index (κ1) is 19.0. The van der Waals surface area contributed by atoms with Crippen LogP contribution in [0.5, 0.6) is 0 Å². The van der Waals surface area contributed by atoms with E-state index in [2.05, 4.69) is 19.2 Å². The number of nitrogens with one attached hydrogen (secondary N) is 2. The molecule has 3 N–H and O–H groups in total. The number of aryl methyl sites for hydroxylation is 1. The number of thiophene rings is 1. The fourth-order valence-electron chi connectivity index (χ4n) is 2.89. The molecular formula is C20H22N4O2S. The molecule has 0 aliphatic heterocycles. The van der Waals surface area contributed by atoms with Crippen molar-refractivity contribution in [3.63, 3.8) is 0 Å². The van der Waals surface area contributed by atoms with Gasteiger partial charge in [0.25, 0.3) is 0 Å². The largest absolute Gasteiger partial charge is 0.340 e. The first-order chi connectivity index (χ1) is 13.1. The average molecular weight is 382 g/mol. The van der Waals surface area contributed by atoms with E-state index in [1.807, 2.05) is 41.1 Å². The fraction of sp³-hybridized carbons (Fsp3) is 0.250. The van der Waals surface area contributed by atoms with Crippen LogP contribution in [-0.2, 0) is 24.1 Å². The summed E-state index contributed by atoms with van der Waals surface area (Å²) in [6.07, 6.45) is 1.81. The number of carbonyl (C=O) groups is 1. The molecule has 0 aliphatic rings. The molecule has 140 valence electrons. The van der Waals surface area contributed by atoms with E-state index >= 15 is 0 Å². The SMILES string of the molecule is CCc1nc(-c2ccsc2)nc(Nc2ccc(CC(=O)NO)cc2)c1CC. The minimum atomic E-state index is -0.437. The van der Waals surface area contributed by atoms with Gasteiger partial charge in [-0.25, -0.2) is 15.4 Å². The van der Waals surface area contributed by atoms with Crippen molar-refractivity contribution in [3.05, 3.63) is 57.9 Å². The third kappa shape index (κ3) is 4.50. The van der Waals surface area contributed by atoms with Crippen LogP contribution < -0.4 is 10.8 Å². The van der Waals surface area contributed by atoms with E-state index in [1.165, 1.54) is 0 Å². The van der Waals surface area contributed by atoms with Crippen molar-refractivity contribution in [1.29, 1.82) is 0 Å². The molecular weight excluding hydrogens is 360 g/mol. The molecule has 27 heavy (non-hydrogen) atoms. The topological polar surface area (TPSA) is 87.1 Å². The lowest BCUT2D eigenvalue weighted by atomic mass is 10.1. The number of aromatic nitrogens is 2. The maximum atomic E-state index is 11.3. The molecule has 3 rings (SSSR count). The Bertz CT molecular complexity index is 908. The van der Waals surface area contributed by atoms with Crippen LogP contribution in [-0.4, -0.2) is 21.1 Å². The monoisotopic (exact) mass is 382 g/mol. The minimum Gasteiger partial charge on any atom is -0.340 e. The van der Waals surface area contributed by atoms with Gasteiger partial charge in [0.2, 0.25) is 5.91 Å². The number of anilines is 2. The maximum absolute atomic E-state index is 11.3. The molecule has 0 aliphatic carbocycles. The number of nitrogens with zero attached hydrogens (tertiary/aromatic N) is 2. The van der Waals surface area contributed by atoms with Crippen molar-refractivity contribution in [1.82, 2.24) is 15.4 Å². The van der Waals surface area contributed by atoms with E-state index < -0.39 is 5.91 Å². The van der Waals surface area contributed by atoms with Gasteiger partial charge in [0.05, 0.1) is 6.42 Å². The van der Waals surface area contributed by atoms with Gasteiger partial charge in [-0.1, -0.05) is 26.0 Å². The third-order valence-electron chi connectivity index (χ3n) is 4.27. The second kappa shape index (κ2) is 8.75. The Balaban J connectivity index is 1.91. The molecule has 0 fully saturated rings. The molecule has 1 amide bonds. The maximum Gasteiger partial charge on any atom is 0.247 e. The lowest BCUT2D eigenvalue weighted by molar-refractivity contribution is -0.128. The van der Waals surface area contributed by atoms with Crippen LogP contribution in [0.2, 0.25) is 0 Å². The first-order valence-electron chi connectivity index (χ1n) is 8.85. The summed E-state index contributed by atoms with van der Waals surface area (Å²) in [5.74, 6) is 1.10. The second-order valence-corrected chi connectivity index (χ2v) is 6.85. The molecule has 2 aromatic heterocycles. The predicted molar refractivity (Wildman–Crippen MR) is 107 cm³/mol. The molecule has 7 heteroatoms. The number of hydrogen-bond acceptors (Lipinski definition) is 6. The quantitative estimate of drug-likeness (QED) is 0.423. The van der Waals surface area contributed by atoms with Gasteiger partial charge < -0.3 is 5.32 Å². The summed E-state index contributed by atoms with van der Waals surface area (Å²) < 4.78 is 0. The summed E-state index contributed by atoms with van der Waals surface area (Å²) in [5, 5.41) is 16.1. The lowest BCUT2D eigenvalue weighted by Gasteiger charge is -2.15. The summed E-state index contributed by atoms with van der Waals surface area (Å²) in [7, 11) is 0. The molecule has 0 spiro atoms. The third-order valence-corrected chi connectivity index (χ3v) is 4.95. The molecule has 0 radical (unpaired) electrons. The highest BCUT2D eigenvalue weighted by Crippen LogP contribution is 2.27. The second-order valence-electron chi connectivity index (χ2n) is 6.07. The minimum absolute atomic E-state index is 0.132. The van der Waals surface area contributed by atoms with Crippen molar-refractivity contribution in [3.8, 4) is 11.4 Å². The highest BCUT2D eigenvalue weighted by Gasteiger charge is 2.14. The number of hydrogen-bond donors (Lipinski definition) is 3. The van der Waals surface area contributed by atoms with Gasteiger partial charge in [0.15, 0.2) is 5.82 Å². The van der Waals surface area contributed by atoms with E-state index in [0.29, 0.717) is 0 Å². The Hall–Kier alpha value is -2.77. The van der Waals surface area contributed by atoms with E-state index in [0.717, 1.165) is 52.6 Å². The van der Waals surface area contributed by atoms with Crippen LogP contribution in [0.15, 0.2) is 41.1 Å². The van der Waals surface area contributed by atoms with Gasteiger partial charge in [0, 0.05) is 27.9 Å². The zero-order chi connectivity index (χ0) is 19.2. The molecule has 0 saturated carbocycles. The zero-order valence-electron chi connectivity index (χ0n) is 15.3. The van der Waals surface area contributed by atoms with Gasteiger partial charge in [-0.2, -0.15) is 11.3 Å². The number of hydroxylamine groups is 1. The number of amides is 1. The number of rotatable bonds is 7. The Morgan fingerprint density at radius 1 is 1.11 bits per heavy atom. The van der Waals surface area contributed by atoms with Crippen LogP contribution in [0.1, 0.15) is 30.7 Å². The van der Waals surface area contributed by atoms with E-state index in [4.69, 9.17) is 15.2 Å². The van der Waals surface area contributed by atoms with Gasteiger partial charge >= 0.3 is 0 Å². The Morgan fingerprint density at radius 2 is 1.89 bits per heavy atom. The van der Waals surface area contributed by atoms with Crippen molar-refractivity contribution < 1.29 is 10.0 Å². The molecule has 0 unspecified atom stereocenters. The molecule has 0 saturated heterocycles. The zero-order valence-corrected chi connectivity index (χ0v) is 16.1. The smallest absolute Gasteiger partial charge is 0.247 e. The van der Waals surface area contributed by atoms with Gasteiger partial charge in [-0.15, -0.1) is 0 Å². The molecule has 0 atom stereocenters. The fourth-order valence-corrected chi connectivity index (χ4v) is 3.52. The molecule has 0 bridgehead atoms. The highest BCUT2D eigenvalue weighted by atomic mass is 32.1. The number of carbonyl (C=O) groups excluding carboxylic acids is 1. The Labute approximate surface area is 162 Å². The summed E-state index contributed by atoms with van der Waals surface area (Å²) in [6.45, 7) is 4.20. The normalized spacial score (nSPS) is 10.6. The Kier molecular flexibility index (Phi) is 6.16. The predicted octanol–water partition coefficient (Wildman–Crippen LogP) is 4.12. The summed E-state index contributed by atoms with van der Waals surface area (Å²) in [4.78, 5) is 20.8. The van der Waals surface area contributed by atoms with Crippen LogP contribution >= 0.6 is 11.3 Å². The van der Waals surface area contributed by atoms with E-state index in [9.17, 15) is 4.79 Å². The van der Waals surface area contributed by atoms with Gasteiger partial charge in [-0.05, 0) is 42.0 Å². The first-order valence-corrected chi connectivity index (χ1v) is 9.80. The lowest BCUT2D eigenvalue weighted by Crippen LogP contribution is -2.20. The number of benzene rings is 1. The van der Waals surface area contributed by atoms with E-state index in [-0.39, 0.29) is 6.42 Å². The standard InChI is InChI=1S/C20H22N4O2S/c1-3-16-17(4-2)22-19(14-9-10-27-12-14)23-20(16)21-15-7-5-13(6-8-15)11-18(25)24-26/h5-10,12,26H,3-4,11H2,1-2H3,(H,24,25)(H,21,22,23). The molecule has 2 heterocycles. The highest BCUT2D eigenvalue weighted by molar-refractivity contribution is 7.08. The van der Waals surface area contributed by atoms with Crippen LogP contribution in [0, 0.1) is 0 Å². The van der Waals surface area contributed by atoms with Crippen LogP contribution in [0.25, 0.3) is 11.4 Å². The van der Waals surface area contributed by atoms with E-state index in [1.54, 1.807) is 16.8 Å². The summed E-state index contributed by atoms with van der Waals surface area (Å²) in [6, 6.07) is 9.53. The van der Waals surface area contributed by atoms with Crippen LogP contribution in [0.3, 0.4) is 0 Å². The van der Waals surface area contributed by atoms with Gasteiger partial charge in [-0.3, -0.25) is 10.0 Å². The van der Waals surface area contributed by atoms with Crippen LogP contribution in [0.4, 0.5) is 11.5 Å². The van der Waals surface area contributed by atoms with Crippen molar-refractivity contribution in [2.24, 2.45) is 0 Å². The van der Waals surface area contributed by atoms with Gasteiger partial charge in [0.1, 0.15) is 5.82 Å². The average Bonchev–Trinajstić information content (AvgIpc) is 3.23. The summed E-state index contributed by atoms with van der Waals surface area (Å²) in [5.41, 5.74) is 6.53. The molecule has 3 aromatic rings. The Morgan fingerprint density at radius 3 is 2.48 bits per heavy atom. The van der Waals surface area contributed by atoms with Crippen molar-refractivity contribution in [2.75, 3.05) is 5.32 Å². The molecule has 6 nitrogen and oxygen atoms in total. The van der Waals surface area contributed by atoms with Crippen molar-refractivity contribution in [2.45, 2.75) is 33.1 Å². The van der Waals surface area contributed by atoms with Crippen molar-refractivity contribution >= 4 is 28.7 Å². The summed E-state index contributed by atoms with van der Waals surface area (Å²) >= 11 is 1.63.